The average Bonchev–Trinajstić information content (AvgIpc) is 2.53. The predicted octanol–water partition coefficient (Wildman–Crippen LogP) is 6.20. The molecule has 0 heterocycles. The van der Waals surface area contributed by atoms with Gasteiger partial charge in [0.25, 0.3) is 0 Å². The van der Waals surface area contributed by atoms with Crippen molar-refractivity contribution in [3.05, 3.63) is 71.3 Å². The van der Waals surface area contributed by atoms with E-state index in [9.17, 15) is 13.2 Å². The minimum absolute atomic E-state index is 0.222. The van der Waals surface area contributed by atoms with Gasteiger partial charge in [-0.05, 0) is 36.1 Å². The molecule has 2 rings (SSSR count). The van der Waals surface area contributed by atoms with E-state index in [2.05, 4.69) is 26.0 Å². The van der Waals surface area contributed by atoms with Crippen LogP contribution < -0.4 is 0 Å². The minimum Gasteiger partial charge on any atom is -0.166 e. The van der Waals surface area contributed by atoms with E-state index in [1.54, 1.807) is 12.1 Å². The first-order chi connectivity index (χ1) is 10.4. The van der Waals surface area contributed by atoms with Crippen molar-refractivity contribution in [2.75, 3.05) is 0 Å². The van der Waals surface area contributed by atoms with E-state index >= 15 is 0 Å². The first-order valence-corrected chi connectivity index (χ1v) is 7.67. The second-order valence-corrected chi connectivity index (χ2v) is 5.63. The molecule has 1 atom stereocenters. The standard InChI is InChI=1S/C19H21F3/c1-3-14-18(4-2,15-8-6-5-7-9-15)16-10-12-17(13-11-16)19(20,21)22/h5-13H,3-4,14H2,1-2H3. The zero-order valence-corrected chi connectivity index (χ0v) is 13.0. The lowest BCUT2D eigenvalue weighted by molar-refractivity contribution is -0.137. The summed E-state index contributed by atoms with van der Waals surface area (Å²) in [5.74, 6) is 0. The maximum absolute atomic E-state index is 12.8. The Morgan fingerprint density at radius 3 is 1.68 bits per heavy atom. The molecule has 0 aliphatic heterocycles. The van der Waals surface area contributed by atoms with Crippen LogP contribution in [0.15, 0.2) is 54.6 Å². The van der Waals surface area contributed by atoms with E-state index in [1.165, 1.54) is 17.7 Å². The van der Waals surface area contributed by atoms with Crippen LogP contribution in [-0.4, -0.2) is 0 Å². The molecule has 0 radical (unpaired) electrons. The lowest BCUT2D eigenvalue weighted by Crippen LogP contribution is -2.27. The van der Waals surface area contributed by atoms with E-state index in [4.69, 9.17) is 0 Å². The van der Waals surface area contributed by atoms with Gasteiger partial charge in [0, 0.05) is 5.41 Å². The Labute approximate surface area is 130 Å². The Kier molecular flexibility index (Phi) is 4.94. The fraction of sp³-hybridized carbons (Fsp3) is 0.368. The fourth-order valence-electron chi connectivity index (χ4n) is 3.20. The SMILES string of the molecule is CCCC(CC)(c1ccccc1)c1ccc(C(F)(F)F)cc1. The van der Waals surface area contributed by atoms with E-state index in [0.29, 0.717) is 0 Å². The summed E-state index contributed by atoms with van der Waals surface area (Å²) < 4.78 is 38.3. The lowest BCUT2D eigenvalue weighted by atomic mass is 9.69. The molecule has 3 heteroatoms. The van der Waals surface area contributed by atoms with Gasteiger partial charge in [-0.3, -0.25) is 0 Å². The molecule has 1 unspecified atom stereocenters. The Bertz CT molecular complexity index is 584. The van der Waals surface area contributed by atoms with Crippen molar-refractivity contribution in [1.29, 1.82) is 0 Å². The summed E-state index contributed by atoms with van der Waals surface area (Å²) >= 11 is 0. The van der Waals surface area contributed by atoms with E-state index in [1.807, 2.05) is 18.2 Å². The Balaban J connectivity index is 2.50. The van der Waals surface area contributed by atoms with Crippen LogP contribution in [0.1, 0.15) is 49.8 Å². The van der Waals surface area contributed by atoms with Crippen LogP contribution in [0.4, 0.5) is 13.2 Å². The quantitative estimate of drug-likeness (QED) is 0.616. The van der Waals surface area contributed by atoms with Crippen LogP contribution in [0.3, 0.4) is 0 Å². The molecule has 0 aliphatic carbocycles. The highest BCUT2D eigenvalue weighted by molar-refractivity contribution is 5.40. The normalized spacial score (nSPS) is 14.6. The van der Waals surface area contributed by atoms with Gasteiger partial charge >= 0.3 is 6.18 Å². The number of halogens is 3. The number of benzene rings is 2. The van der Waals surface area contributed by atoms with Gasteiger partial charge in [0.1, 0.15) is 0 Å². The maximum atomic E-state index is 12.8. The molecular weight excluding hydrogens is 285 g/mol. The highest BCUT2D eigenvalue weighted by Crippen LogP contribution is 2.41. The summed E-state index contributed by atoms with van der Waals surface area (Å²) in [5, 5.41) is 0. The van der Waals surface area contributed by atoms with E-state index < -0.39 is 11.7 Å². The van der Waals surface area contributed by atoms with Gasteiger partial charge in [-0.1, -0.05) is 62.7 Å². The number of hydrogen-bond donors (Lipinski definition) is 0. The smallest absolute Gasteiger partial charge is 0.166 e. The van der Waals surface area contributed by atoms with Crippen molar-refractivity contribution in [2.45, 2.75) is 44.7 Å². The van der Waals surface area contributed by atoms with Gasteiger partial charge in [0.2, 0.25) is 0 Å². The molecule has 2 aromatic carbocycles. The van der Waals surface area contributed by atoms with Gasteiger partial charge in [-0.2, -0.15) is 13.2 Å². The van der Waals surface area contributed by atoms with Gasteiger partial charge in [0.15, 0.2) is 0 Å². The molecule has 0 aromatic heterocycles. The topological polar surface area (TPSA) is 0 Å². The molecule has 0 fully saturated rings. The van der Waals surface area contributed by atoms with Crippen LogP contribution in [0.25, 0.3) is 0 Å². The summed E-state index contributed by atoms with van der Waals surface area (Å²) in [6.07, 6.45) is -1.54. The first kappa shape index (κ1) is 16.6. The zero-order chi connectivity index (χ0) is 16.2. The van der Waals surface area contributed by atoms with Gasteiger partial charge in [-0.15, -0.1) is 0 Å². The third-order valence-electron chi connectivity index (χ3n) is 4.37. The second kappa shape index (κ2) is 6.55. The number of alkyl halides is 3. The monoisotopic (exact) mass is 306 g/mol. The predicted molar refractivity (Wildman–Crippen MR) is 83.9 cm³/mol. The summed E-state index contributed by atoms with van der Waals surface area (Å²) in [7, 11) is 0. The average molecular weight is 306 g/mol. The third-order valence-corrected chi connectivity index (χ3v) is 4.37. The van der Waals surface area contributed by atoms with Crippen molar-refractivity contribution in [3.8, 4) is 0 Å². The Morgan fingerprint density at radius 1 is 0.727 bits per heavy atom. The highest BCUT2D eigenvalue weighted by Gasteiger charge is 2.34. The van der Waals surface area contributed by atoms with Gasteiger partial charge < -0.3 is 0 Å². The second-order valence-electron chi connectivity index (χ2n) is 5.63. The van der Waals surface area contributed by atoms with Crippen molar-refractivity contribution < 1.29 is 13.2 Å². The fourth-order valence-corrected chi connectivity index (χ4v) is 3.20. The molecular formula is C19H21F3. The summed E-state index contributed by atoms with van der Waals surface area (Å²) in [6.45, 7) is 4.21. The van der Waals surface area contributed by atoms with Crippen LogP contribution in [0.2, 0.25) is 0 Å². The van der Waals surface area contributed by atoms with E-state index in [0.717, 1.165) is 24.8 Å². The molecule has 2 aromatic rings. The molecule has 0 N–H and O–H groups in total. The summed E-state index contributed by atoms with van der Waals surface area (Å²) in [6, 6.07) is 15.7. The summed E-state index contributed by atoms with van der Waals surface area (Å²) in [5.41, 5.74) is 1.31. The van der Waals surface area contributed by atoms with Crippen molar-refractivity contribution in [3.63, 3.8) is 0 Å². The minimum atomic E-state index is -4.29. The largest absolute Gasteiger partial charge is 0.416 e. The zero-order valence-electron chi connectivity index (χ0n) is 13.0. The first-order valence-electron chi connectivity index (χ1n) is 7.67. The lowest BCUT2D eigenvalue weighted by Gasteiger charge is -2.34. The van der Waals surface area contributed by atoms with Gasteiger partial charge in [-0.25, -0.2) is 0 Å². The molecule has 0 amide bonds. The molecule has 118 valence electrons. The molecule has 0 saturated carbocycles. The van der Waals surface area contributed by atoms with E-state index in [-0.39, 0.29) is 5.41 Å². The molecule has 22 heavy (non-hydrogen) atoms. The van der Waals surface area contributed by atoms with Crippen LogP contribution in [-0.2, 0) is 11.6 Å². The number of hydrogen-bond acceptors (Lipinski definition) is 0. The van der Waals surface area contributed by atoms with Crippen LogP contribution in [0, 0.1) is 0 Å². The Morgan fingerprint density at radius 2 is 1.23 bits per heavy atom. The molecule has 0 bridgehead atoms. The maximum Gasteiger partial charge on any atom is 0.416 e. The Hall–Kier alpha value is -1.77. The summed E-state index contributed by atoms with van der Waals surface area (Å²) in [4.78, 5) is 0. The number of rotatable bonds is 5. The molecule has 0 aliphatic rings. The van der Waals surface area contributed by atoms with Crippen LogP contribution in [0.5, 0.6) is 0 Å². The van der Waals surface area contributed by atoms with Crippen molar-refractivity contribution >= 4 is 0 Å². The molecule has 0 saturated heterocycles. The third kappa shape index (κ3) is 3.18. The van der Waals surface area contributed by atoms with Crippen molar-refractivity contribution in [2.24, 2.45) is 0 Å². The molecule has 0 nitrogen and oxygen atoms in total. The van der Waals surface area contributed by atoms with Crippen molar-refractivity contribution in [1.82, 2.24) is 0 Å². The van der Waals surface area contributed by atoms with Crippen LogP contribution >= 0.6 is 0 Å². The van der Waals surface area contributed by atoms with Gasteiger partial charge in [0.05, 0.1) is 5.56 Å². The molecule has 0 spiro atoms. The highest BCUT2D eigenvalue weighted by atomic mass is 19.4.